The molecule has 1 aromatic carbocycles. The van der Waals surface area contributed by atoms with E-state index in [1.807, 2.05) is 0 Å². The van der Waals surface area contributed by atoms with Crippen LogP contribution in [-0.4, -0.2) is 20.2 Å². The van der Waals surface area contributed by atoms with Crippen LogP contribution in [0.25, 0.3) is 11.0 Å². The molecule has 8 heteroatoms. The second-order valence-electron chi connectivity index (χ2n) is 3.70. The molecule has 2 aromatic heterocycles. The van der Waals surface area contributed by atoms with Gasteiger partial charge in [0, 0.05) is 6.07 Å². The molecular formula is C11H7ClFN5O. The van der Waals surface area contributed by atoms with E-state index in [9.17, 15) is 4.39 Å². The van der Waals surface area contributed by atoms with E-state index in [-0.39, 0.29) is 22.6 Å². The molecule has 0 aliphatic carbocycles. The van der Waals surface area contributed by atoms with Gasteiger partial charge in [-0.15, -0.1) is 0 Å². The standard InChI is InChI=1S/C11H7ClFN5O/c12-7-2-1-5(3-8(7)13)19-10-6-4-15-18-9(6)16-11(14)17-10/h1-4H,(H3,14,15,16,17,18). The van der Waals surface area contributed by atoms with Crippen molar-refractivity contribution in [2.45, 2.75) is 0 Å². The highest BCUT2D eigenvalue weighted by Crippen LogP contribution is 2.28. The molecule has 0 fully saturated rings. The summed E-state index contributed by atoms with van der Waals surface area (Å²) < 4.78 is 18.8. The fourth-order valence-corrected chi connectivity index (χ4v) is 1.67. The first-order valence-corrected chi connectivity index (χ1v) is 5.61. The lowest BCUT2D eigenvalue weighted by molar-refractivity contribution is 0.464. The number of nitrogens with one attached hydrogen (secondary N) is 1. The Kier molecular flexibility index (Phi) is 2.68. The zero-order valence-corrected chi connectivity index (χ0v) is 10.1. The topological polar surface area (TPSA) is 89.7 Å². The molecule has 0 aliphatic heterocycles. The van der Waals surface area contributed by atoms with Crippen LogP contribution in [0.2, 0.25) is 5.02 Å². The monoisotopic (exact) mass is 279 g/mol. The average molecular weight is 280 g/mol. The molecule has 0 unspecified atom stereocenters. The van der Waals surface area contributed by atoms with Crippen LogP contribution < -0.4 is 10.5 Å². The van der Waals surface area contributed by atoms with Gasteiger partial charge in [-0.1, -0.05) is 11.6 Å². The highest BCUT2D eigenvalue weighted by atomic mass is 35.5. The number of H-pyrrole nitrogens is 1. The molecule has 0 atom stereocenters. The highest BCUT2D eigenvalue weighted by Gasteiger charge is 2.11. The third-order valence-electron chi connectivity index (χ3n) is 2.40. The molecule has 0 radical (unpaired) electrons. The Labute approximate surface area is 111 Å². The molecule has 0 spiro atoms. The van der Waals surface area contributed by atoms with Crippen molar-refractivity contribution in [2.75, 3.05) is 5.73 Å². The summed E-state index contributed by atoms with van der Waals surface area (Å²) in [5, 5.41) is 7.03. The number of hydrogen-bond donors (Lipinski definition) is 2. The van der Waals surface area contributed by atoms with Gasteiger partial charge in [0.2, 0.25) is 11.8 Å². The number of benzene rings is 1. The lowest BCUT2D eigenvalue weighted by Crippen LogP contribution is -1.98. The van der Waals surface area contributed by atoms with Crippen molar-refractivity contribution in [1.82, 2.24) is 20.2 Å². The number of hydrogen-bond acceptors (Lipinski definition) is 5. The van der Waals surface area contributed by atoms with Crippen molar-refractivity contribution >= 4 is 28.6 Å². The van der Waals surface area contributed by atoms with E-state index in [1.165, 1.54) is 18.3 Å². The summed E-state index contributed by atoms with van der Waals surface area (Å²) in [4.78, 5) is 7.89. The predicted octanol–water partition coefficient (Wildman–Crippen LogP) is 2.52. The number of nitrogen functional groups attached to an aromatic ring is 1. The Morgan fingerprint density at radius 3 is 2.95 bits per heavy atom. The number of aromatic amines is 1. The van der Waals surface area contributed by atoms with Crippen LogP contribution in [0.5, 0.6) is 11.6 Å². The summed E-state index contributed by atoms with van der Waals surface area (Å²) in [6.45, 7) is 0. The van der Waals surface area contributed by atoms with Crippen molar-refractivity contribution in [2.24, 2.45) is 0 Å². The number of nitrogens with zero attached hydrogens (tertiary/aromatic N) is 3. The van der Waals surface area contributed by atoms with Crippen molar-refractivity contribution in [1.29, 1.82) is 0 Å². The molecule has 3 aromatic rings. The zero-order chi connectivity index (χ0) is 13.4. The van der Waals surface area contributed by atoms with Gasteiger partial charge in [0.15, 0.2) is 5.65 Å². The smallest absolute Gasteiger partial charge is 0.235 e. The van der Waals surface area contributed by atoms with Crippen LogP contribution in [0.1, 0.15) is 0 Å². The molecule has 96 valence electrons. The minimum Gasteiger partial charge on any atom is -0.438 e. The minimum absolute atomic E-state index is 0.0167. The summed E-state index contributed by atoms with van der Waals surface area (Å²) in [5.41, 5.74) is 5.99. The van der Waals surface area contributed by atoms with Crippen molar-refractivity contribution in [3.63, 3.8) is 0 Å². The van der Waals surface area contributed by atoms with E-state index < -0.39 is 5.82 Å². The van der Waals surface area contributed by atoms with Crippen LogP contribution in [0.4, 0.5) is 10.3 Å². The fraction of sp³-hybridized carbons (Fsp3) is 0. The second kappa shape index (κ2) is 4.36. The van der Waals surface area contributed by atoms with E-state index in [0.29, 0.717) is 11.0 Å². The molecule has 0 amide bonds. The van der Waals surface area contributed by atoms with Crippen LogP contribution in [0.3, 0.4) is 0 Å². The molecular weight excluding hydrogens is 273 g/mol. The Balaban J connectivity index is 2.04. The summed E-state index contributed by atoms with van der Waals surface area (Å²) >= 11 is 5.60. The van der Waals surface area contributed by atoms with Crippen LogP contribution in [-0.2, 0) is 0 Å². The first-order chi connectivity index (χ1) is 9.13. The van der Waals surface area contributed by atoms with Gasteiger partial charge in [-0.3, -0.25) is 5.10 Å². The van der Waals surface area contributed by atoms with Gasteiger partial charge in [0.1, 0.15) is 17.0 Å². The van der Waals surface area contributed by atoms with Crippen molar-refractivity contribution in [3.8, 4) is 11.6 Å². The molecule has 6 nitrogen and oxygen atoms in total. The van der Waals surface area contributed by atoms with Crippen LogP contribution in [0.15, 0.2) is 24.4 Å². The summed E-state index contributed by atoms with van der Waals surface area (Å²) in [6.07, 6.45) is 1.50. The quantitative estimate of drug-likeness (QED) is 0.752. The van der Waals surface area contributed by atoms with Gasteiger partial charge in [0.25, 0.3) is 0 Å². The Bertz CT molecular complexity index is 760. The molecule has 2 heterocycles. The molecule has 3 N–H and O–H groups in total. The van der Waals surface area contributed by atoms with E-state index in [0.717, 1.165) is 6.07 Å². The molecule has 0 saturated heterocycles. The molecule has 0 bridgehead atoms. The average Bonchev–Trinajstić information content (AvgIpc) is 2.82. The first kappa shape index (κ1) is 11.7. The lowest BCUT2D eigenvalue weighted by Gasteiger charge is -2.06. The van der Waals surface area contributed by atoms with Gasteiger partial charge in [-0.05, 0) is 12.1 Å². The molecule has 19 heavy (non-hydrogen) atoms. The van der Waals surface area contributed by atoms with Crippen molar-refractivity contribution in [3.05, 3.63) is 35.2 Å². The number of fused-ring (bicyclic) bond motifs is 1. The summed E-state index contributed by atoms with van der Waals surface area (Å²) in [7, 11) is 0. The molecule has 0 saturated carbocycles. The van der Waals surface area contributed by atoms with Crippen LogP contribution >= 0.6 is 11.6 Å². The van der Waals surface area contributed by atoms with Gasteiger partial charge < -0.3 is 10.5 Å². The number of anilines is 1. The fourth-order valence-electron chi connectivity index (χ4n) is 1.55. The minimum atomic E-state index is -0.579. The largest absolute Gasteiger partial charge is 0.438 e. The number of ether oxygens (including phenoxy) is 1. The normalized spacial score (nSPS) is 10.8. The van der Waals surface area contributed by atoms with E-state index in [1.54, 1.807) is 0 Å². The van der Waals surface area contributed by atoms with Gasteiger partial charge in [-0.2, -0.15) is 15.1 Å². The highest BCUT2D eigenvalue weighted by molar-refractivity contribution is 6.30. The van der Waals surface area contributed by atoms with Gasteiger partial charge in [0.05, 0.1) is 11.2 Å². The lowest BCUT2D eigenvalue weighted by atomic mass is 10.3. The van der Waals surface area contributed by atoms with Gasteiger partial charge in [-0.25, -0.2) is 4.39 Å². The molecule has 0 aliphatic rings. The maximum absolute atomic E-state index is 13.3. The Morgan fingerprint density at radius 2 is 2.16 bits per heavy atom. The summed E-state index contributed by atoms with van der Waals surface area (Å²) in [5.74, 6) is -0.105. The number of aromatic nitrogens is 4. The summed E-state index contributed by atoms with van der Waals surface area (Å²) in [6, 6.07) is 4.07. The van der Waals surface area contributed by atoms with Gasteiger partial charge >= 0.3 is 0 Å². The van der Waals surface area contributed by atoms with Crippen molar-refractivity contribution < 1.29 is 9.13 Å². The number of nitrogens with two attached hydrogens (primary N) is 1. The Morgan fingerprint density at radius 1 is 1.32 bits per heavy atom. The Hall–Kier alpha value is -2.41. The maximum Gasteiger partial charge on any atom is 0.235 e. The van der Waals surface area contributed by atoms with E-state index in [2.05, 4.69) is 20.2 Å². The third kappa shape index (κ3) is 2.15. The van der Waals surface area contributed by atoms with Crippen LogP contribution in [0, 0.1) is 5.82 Å². The predicted molar refractivity (Wildman–Crippen MR) is 67.6 cm³/mol. The first-order valence-electron chi connectivity index (χ1n) is 5.23. The third-order valence-corrected chi connectivity index (χ3v) is 2.70. The zero-order valence-electron chi connectivity index (χ0n) is 9.39. The second-order valence-corrected chi connectivity index (χ2v) is 4.10. The number of rotatable bonds is 2. The maximum atomic E-state index is 13.3. The molecule has 3 rings (SSSR count). The van der Waals surface area contributed by atoms with E-state index in [4.69, 9.17) is 22.1 Å². The SMILES string of the molecule is Nc1nc(Oc2ccc(Cl)c(F)c2)c2cn[nH]c2n1. The van der Waals surface area contributed by atoms with E-state index >= 15 is 0 Å². The number of halogens is 2.